The normalized spacial score (nSPS) is 13.1. The highest BCUT2D eigenvalue weighted by Crippen LogP contribution is 2.03. The molecule has 3 heteroatoms. The molecular weight excluding hydrogens is 190 g/mol. The van der Waals surface area contributed by atoms with Gasteiger partial charge in [-0.05, 0) is 38.8 Å². The van der Waals surface area contributed by atoms with Crippen molar-refractivity contribution in [2.24, 2.45) is 0 Å². The Labute approximate surface area is 91.1 Å². The fourth-order valence-corrected chi connectivity index (χ4v) is 1.25. The number of aliphatic hydroxyl groups is 1. The maximum Gasteiger partial charge on any atom is 0.0777 e. The van der Waals surface area contributed by atoms with Gasteiger partial charge in [0.1, 0.15) is 0 Å². The second kappa shape index (κ2) is 6.53. The molecule has 84 valence electrons. The van der Waals surface area contributed by atoms with Gasteiger partial charge in [-0.2, -0.15) is 0 Å². The molecule has 1 aromatic rings. The molecule has 3 nitrogen and oxygen atoms in total. The maximum atomic E-state index is 9.61. The van der Waals surface area contributed by atoms with Gasteiger partial charge in [0.2, 0.25) is 0 Å². The number of hydrogen-bond acceptors (Lipinski definition) is 3. The van der Waals surface area contributed by atoms with Crippen LogP contribution in [0.2, 0.25) is 0 Å². The van der Waals surface area contributed by atoms with E-state index in [0.717, 1.165) is 12.1 Å². The van der Waals surface area contributed by atoms with Crippen molar-refractivity contribution in [1.82, 2.24) is 4.98 Å². The van der Waals surface area contributed by atoms with Gasteiger partial charge in [0.25, 0.3) is 0 Å². The highest BCUT2D eigenvalue weighted by molar-refractivity contribution is 5.03. The zero-order chi connectivity index (χ0) is 11.1. The molecule has 1 atom stereocenters. The Bertz CT molecular complexity index is 262. The molecule has 15 heavy (non-hydrogen) atoms. The van der Waals surface area contributed by atoms with Crippen LogP contribution >= 0.6 is 0 Å². The minimum Gasteiger partial charge on any atom is -0.391 e. The SMILES string of the molecule is CC(C)OCC(O)CCc1ccccn1. The van der Waals surface area contributed by atoms with Gasteiger partial charge in [0, 0.05) is 11.9 Å². The van der Waals surface area contributed by atoms with E-state index in [1.807, 2.05) is 32.0 Å². The number of aryl methyl sites for hydroxylation is 1. The van der Waals surface area contributed by atoms with Crippen LogP contribution in [-0.2, 0) is 11.2 Å². The van der Waals surface area contributed by atoms with Crippen LogP contribution < -0.4 is 0 Å². The van der Waals surface area contributed by atoms with Crippen molar-refractivity contribution in [3.05, 3.63) is 30.1 Å². The smallest absolute Gasteiger partial charge is 0.0777 e. The van der Waals surface area contributed by atoms with Crippen molar-refractivity contribution < 1.29 is 9.84 Å². The van der Waals surface area contributed by atoms with E-state index in [9.17, 15) is 5.11 Å². The number of ether oxygens (including phenoxy) is 1. The molecule has 0 aliphatic rings. The molecule has 0 aliphatic carbocycles. The quantitative estimate of drug-likeness (QED) is 0.776. The summed E-state index contributed by atoms with van der Waals surface area (Å²) in [4.78, 5) is 4.19. The Kier molecular flexibility index (Phi) is 5.29. The van der Waals surface area contributed by atoms with Gasteiger partial charge in [-0.1, -0.05) is 6.07 Å². The van der Waals surface area contributed by atoms with Crippen molar-refractivity contribution in [2.75, 3.05) is 6.61 Å². The zero-order valence-electron chi connectivity index (χ0n) is 9.39. The first-order valence-electron chi connectivity index (χ1n) is 5.38. The van der Waals surface area contributed by atoms with Gasteiger partial charge in [-0.25, -0.2) is 0 Å². The third kappa shape index (κ3) is 5.50. The monoisotopic (exact) mass is 209 g/mol. The van der Waals surface area contributed by atoms with Crippen molar-refractivity contribution in [2.45, 2.75) is 38.9 Å². The molecule has 0 spiro atoms. The molecule has 0 saturated heterocycles. The molecule has 0 aliphatic heterocycles. The molecule has 0 fully saturated rings. The molecular formula is C12H19NO2. The van der Waals surface area contributed by atoms with Gasteiger partial charge in [-0.15, -0.1) is 0 Å². The summed E-state index contributed by atoms with van der Waals surface area (Å²) < 4.78 is 5.32. The highest BCUT2D eigenvalue weighted by atomic mass is 16.5. The van der Waals surface area contributed by atoms with Crippen LogP contribution in [0.15, 0.2) is 24.4 Å². The van der Waals surface area contributed by atoms with Crippen molar-refractivity contribution in [3.63, 3.8) is 0 Å². The van der Waals surface area contributed by atoms with Crippen LogP contribution in [0.1, 0.15) is 26.0 Å². The Morgan fingerprint density at radius 1 is 1.40 bits per heavy atom. The second-order valence-corrected chi connectivity index (χ2v) is 3.90. The number of aromatic nitrogens is 1. The Hall–Kier alpha value is -0.930. The number of nitrogens with zero attached hydrogens (tertiary/aromatic N) is 1. The molecule has 0 radical (unpaired) electrons. The van der Waals surface area contributed by atoms with E-state index in [-0.39, 0.29) is 6.10 Å². The van der Waals surface area contributed by atoms with Crippen molar-refractivity contribution in [3.8, 4) is 0 Å². The zero-order valence-corrected chi connectivity index (χ0v) is 9.39. The van der Waals surface area contributed by atoms with Gasteiger partial charge in [0.15, 0.2) is 0 Å². The predicted octanol–water partition coefficient (Wildman–Crippen LogP) is 1.80. The fourth-order valence-electron chi connectivity index (χ4n) is 1.25. The van der Waals surface area contributed by atoms with Gasteiger partial charge in [0.05, 0.1) is 18.8 Å². The lowest BCUT2D eigenvalue weighted by Gasteiger charge is -2.12. The lowest BCUT2D eigenvalue weighted by atomic mass is 10.1. The molecule has 1 N–H and O–H groups in total. The number of hydrogen-bond donors (Lipinski definition) is 1. The number of pyridine rings is 1. The van der Waals surface area contributed by atoms with Crippen LogP contribution in [0.5, 0.6) is 0 Å². The first kappa shape index (κ1) is 12.1. The minimum absolute atomic E-state index is 0.175. The summed E-state index contributed by atoms with van der Waals surface area (Å²) in [6.45, 7) is 4.33. The minimum atomic E-state index is -0.394. The number of rotatable bonds is 6. The van der Waals surface area contributed by atoms with Gasteiger partial charge >= 0.3 is 0 Å². The summed E-state index contributed by atoms with van der Waals surface area (Å²) in [6.07, 6.45) is 3.04. The summed E-state index contributed by atoms with van der Waals surface area (Å²) in [5.41, 5.74) is 1.01. The van der Waals surface area contributed by atoms with E-state index in [1.165, 1.54) is 0 Å². The first-order chi connectivity index (χ1) is 7.18. The molecule has 1 rings (SSSR count). The third-order valence-electron chi connectivity index (χ3n) is 2.08. The predicted molar refractivity (Wildman–Crippen MR) is 59.7 cm³/mol. The van der Waals surface area contributed by atoms with E-state index in [4.69, 9.17) is 4.74 Å². The molecule has 0 amide bonds. The molecule has 0 saturated carbocycles. The van der Waals surface area contributed by atoms with E-state index in [1.54, 1.807) is 6.20 Å². The summed E-state index contributed by atoms with van der Waals surface area (Å²) in [5, 5.41) is 9.61. The summed E-state index contributed by atoms with van der Waals surface area (Å²) in [5.74, 6) is 0. The largest absolute Gasteiger partial charge is 0.391 e. The Morgan fingerprint density at radius 3 is 2.80 bits per heavy atom. The highest BCUT2D eigenvalue weighted by Gasteiger charge is 2.06. The van der Waals surface area contributed by atoms with Crippen LogP contribution in [0.25, 0.3) is 0 Å². The van der Waals surface area contributed by atoms with E-state index >= 15 is 0 Å². The lowest BCUT2D eigenvalue weighted by molar-refractivity contribution is 0.00279. The fraction of sp³-hybridized carbons (Fsp3) is 0.583. The maximum absolute atomic E-state index is 9.61. The number of aliphatic hydroxyl groups excluding tert-OH is 1. The second-order valence-electron chi connectivity index (χ2n) is 3.90. The van der Waals surface area contributed by atoms with Crippen LogP contribution in [-0.4, -0.2) is 28.9 Å². The average molecular weight is 209 g/mol. The van der Waals surface area contributed by atoms with Crippen molar-refractivity contribution >= 4 is 0 Å². The topological polar surface area (TPSA) is 42.4 Å². The van der Waals surface area contributed by atoms with Crippen LogP contribution in [0.4, 0.5) is 0 Å². The first-order valence-corrected chi connectivity index (χ1v) is 5.38. The van der Waals surface area contributed by atoms with Crippen LogP contribution in [0, 0.1) is 0 Å². The molecule has 1 heterocycles. The van der Waals surface area contributed by atoms with Crippen molar-refractivity contribution in [1.29, 1.82) is 0 Å². The Morgan fingerprint density at radius 2 is 2.20 bits per heavy atom. The standard InChI is InChI=1S/C12H19NO2/c1-10(2)15-9-12(14)7-6-11-5-3-4-8-13-11/h3-5,8,10,12,14H,6-7,9H2,1-2H3. The van der Waals surface area contributed by atoms with Gasteiger partial charge < -0.3 is 9.84 Å². The van der Waals surface area contributed by atoms with E-state index < -0.39 is 6.10 Å². The summed E-state index contributed by atoms with van der Waals surface area (Å²) in [7, 11) is 0. The van der Waals surface area contributed by atoms with Crippen LogP contribution in [0.3, 0.4) is 0 Å². The summed E-state index contributed by atoms with van der Waals surface area (Å²) >= 11 is 0. The third-order valence-corrected chi connectivity index (χ3v) is 2.08. The molecule has 0 bridgehead atoms. The Balaban J connectivity index is 2.19. The van der Waals surface area contributed by atoms with Gasteiger partial charge in [-0.3, -0.25) is 4.98 Å². The molecule has 0 aromatic carbocycles. The lowest BCUT2D eigenvalue weighted by Crippen LogP contribution is -2.19. The van der Waals surface area contributed by atoms with E-state index in [0.29, 0.717) is 13.0 Å². The summed E-state index contributed by atoms with van der Waals surface area (Å²) in [6, 6.07) is 5.82. The van der Waals surface area contributed by atoms with E-state index in [2.05, 4.69) is 4.98 Å². The molecule has 1 unspecified atom stereocenters. The molecule has 1 aromatic heterocycles. The average Bonchev–Trinajstić information content (AvgIpc) is 2.25.